The molecule has 88 valence electrons. The molecule has 0 aromatic carbocycles. The zero-order valence-corrected chi connectivity index (χ0v) is 9.20. The Hall–Kier alpha value is -2.37. The van der Waals surface area contributed by atoms with Crippen LogP contribution in [0.1, 0.15) is 16.3 Å². The van der Waals surface area contributed by atoms with Crippen molar-refractivity contribution in [2.75, 3.05) is 0 Å². The van der Waals surface area contributed by atoms with Crippen molar-refractivity contribution in [3.8, 4) is 5.75 Å². The summed E-state index contributed by atoms with van der Waals surface area (Å²) in [5.41, 5.74) is -0.00524. The molecule has 0 saturated carbocycles. The highest BCUT2D eigenvalue weighted by Gasteiger charge is 2.05. The highest BCUT2D eigenvalue weighted by atomic mass is 16.5. The van der Waals surface area contributed by atoms with Crippen LogP contribution in [0.25, 0.3) is 0 Å². The van der Waals surface area contributed by atoms with E-state index in [2.05, 4.69) is 9.97 Å². The van der Waals surface area contributed by atoms with E-state index in [1.807, 2.05) is 17.8 Å². The van der Waals surface area contributed by atoms with Crippen LogP contribution >= 0.6 is 0 Å². The standard InChI is InChI=1S/C11H11N3O3/c1-14-5-4-12-10(14)7-17-8-2-3-9(11(15)16)13-6-8/h2-6H,7H2,1H3,(H,15,16). The molecule has 0 spiro atoms. The summed E-state index contributed by atoms with van der Waals surface area (Å²) in [6, 6.07) is 2.97. The Labute approximate surface area is 97.5 Å². The quantitative estimate of drug-likeness (QED) is 0.855. The van der Waals surface area contributed by atoms with Crippen molar-refractivity contribution in [1.29, 1.82) is 0 Å². The van der Waals surface area contributed by atoms with Crippen LogP contribution in [0.4, 0.5) is 0 Å². The summed E-state index contributed by atoms with van der Waals surface area (Å²) in [4.78, 5) is 18.4. The molecule has 0 atom stereocenters. The molecule has 0 bridgehead atoms. The van der Waals surface area contributed by atoms with Gasteiger partial charge in [-0.1, -0.05) is 0 Å². The van der Waals surface area contributed by atoms with Crippen molar-refractivity contribution in [2.45, 2.75) is 6.61 Å². The van der Waals surface area contributed by atoms with Crippen LogP contribution in [0.2, 0.25) is 0 Å². The van der Waals surface area contributed by atoms with Crippen LogP contribution in [0.3, 0.4) is 0 Å². The van der Waals surface area contributed by atoms with Crippen molar-refractivity contribution >= 4 is 5.97 Å². The number of aromatic carboxylic acids is 1. The topological polar surface area (TPSA) is 77.2 Å². The summed E-state index contributed by atoms with van der Waals surface area (Å²) < 4.78 is 7.27. The van der Waals surface area contributed by atoms with Crippen molar-refractivity contribution in [3.05, 3.63) is 42.2 Å². The second kappa shape index (κ2) is 4.65. The van der Waals surface area contributed by atoms with Crippen molar-refractivity contribution in [2.24, 2.45) is 7.05 Å². The van der Waals surface area contributed by atoms with E-state index >= 15 is 0 Å². The minimum absolute atomic E-state index is 0.00524. The largest absolute Gasteiger partial charge is 0.484 e. The van der Waals surface area contributed by atoms with Gasteiger partial charge in [0.25, 0.3) is 0 Å². The van der Waals surface area contributed by atoms with Gasteiger partial charge in [-0.3, -0.25) is 0 Å². The maximum absolute atomic E-state index is 10.6. The lowest BCUT2D eigenvalue weighted by atomic mass is 10.3. The number of carboxylic acid groups (broad SMARTS) is 1. The number of rotatable bonds is 4. The van der Waals surface area contributed by atoms with Crippen LogP contribution in [0.15, 0.2) is 30.7 Å². The lowest BCUT2D eigenvalue weighted by Crippen LogP contribution is -2.04. The summed E-state index contributed by atoms with van der Waals surface area (Å²) in [7, 11) is 1.87. The molecule has 0 aliphatic carbocycles. The Bertz CT molecular complexity index is 519. The molecule has 0 unspecified atom stereocenters. The van der Waals surface area contributed by atoms with Crippen LogP contribution in [-0.2, 0) is 13.7 Å². The summed E-state index contributed by atoms with van der Waals surface area (Å²) in [5.74, 6) is 0.242. The molecule has 1 N–H and O–H groups in total. The van der Waals surface area contributed by atoms with Gasteiger partial charge in [0, 0.05) is 19.4 Å². The second-order valence-corrected chi connectivity index (χ2v) is 3.43. The monoisotopic (exact) mass is 233 g/mol. The molecule has 2 aromatic heterocycles. The van der Waals surface area contributed by atoms with Crippen molar-refractivity contribution < 1.29 is 14.6 Å². The Morgan fingerprint density at radius 1 is 1.47 bits per heavy atom. The van der Waals surface area contributed by atoms with Gasteiger partial charge in [-0.25, -0.2) is 14.8 Å². The lowest BCUT2D eigenvalue weighted by molar-refractivity contribution is 0.0690. The van der Waals surface area contributed by atoms with Gasteiger partial charge in [-0.15, -0.1) is 0 Å². The number of pyridine rings is 1. The third kappa shape index (κ3) is 2.60. The first-order valence-electron chi connectivity index (χ1n) is 4.95. The van der Waals surface area contributed by atoms with E-state index < -0.39 is 5.97 Å². The zero-order valence-electron chi connectivity index (χ0n) is 9.20. The van der Waals surface area contributed by atoms with E-state index in [1.54, 1.807) is 12.3 Å². The van der Waals surface area contributed by atoms with E-state index in [0.29, 0.717) is 12.4 Å². The third-order valence-electron chi connectivity index (χ3n) is 2.24. The number of aryl methyl sites for hydroxylation is 1. The molecular formula is C11H11N3O3. The minimum Gasteiger partial charge on any atom is -0.484 e. The molecule has 6 heteroatoms. The maximum Gasteiger partial charge on any atom is 0.354 e. The summed E-state index contributed by atoms with van der Waals surface area (Å²) in [6.45, 7) is 0.317. The lowest BCUT2D eigenvalue weighted by Gasteiger charge is -2.05. The predicted octanol–water partition coefficient (Wildman–Crippen LogP) is 1.09. The normalized spacial score (nSPS) is 10.2. The Morgan fingerprint density at radius 2 is 2.29 bits per heavy atom. The van der Waals surface area contributed by atoms with Crippen LogP contribution in [-0.4, -0.2) is 25.6 Å². The fraction of sp³-hybridized carbons (Fsp3) is 0.182. The molecule has 0 aliphatic rings. The van der Waals surface area contributed by atoms with Gasteiger partial charge in [-0.05, 0) is 12.1 Å². The molecule has 2 heterocycles. The summed E-state index contributed by atoms with van der Waals surface area (Å²) in [6.07, 6.45) is 4.89. The third-order valence-corrected chi connectivity index (χ3v) is 2.24. The van der Waals surface area contributed by atoms with Crippen LogP contribution < -0.4 is 4.74 Å². The average molecular weight is 233 g/mol. The fourth-order valence-electron chi connectivity index (χ4n) is 1.28. The molecule has 0 amide bonds. The number of ether oxygens (including phenoxy) is 1. The molecule has 0 saturated heterocycles. The van der Waals surface area contributed by atoms with E-state index in [1.165, 1.54) is 12.3 Å². The fourth-order valence-corrected chi connectivity index (χ4v) is 1.28. The van der Waals surface area contributed by atoms with Gasteiger partial charge in [0.05, 0.1) is 6.20 Å². The number of carboxylic acids is 1. The molecule has 2 aromatic rings. The number of nitrogens with zero attached hydrogens (tertiary/aromatic N) is 3. The van der Waals surface area contributed by atoms with Crippen LogP contribution in [0, 0.1) is 0 Å². The maximum atomic E-state index is 10.6. The molecule has 17 heavy (non-hydrogen) atoms. The first kappa shape index (κ1) is 11.1. The number of hydrogen-bond acceptors (Lipinski definition) is 4. The number of aromatic nitrogens is 3. The number of imidazole rings is 1. The van der Waals surface area contributed by atoms with Gasteiger partial charge in [-0.2, -0.15) is 0 Å². The molecule has 0 aliphatic heterocycles. The first-order chi connectivity index (χ1) is 8.16. The van der Waals surface area contributed by atoms with E-state index in [-0.39, 0.29) is 5.69 Å². The minimum atomic E-state index is -1.05. The Kier molecular flexibility index (Phi) is 3.04. The summed E-state index contributed by atoms with van der Waals surface area (Å²) >= 11 is 0. The zero-order chi connectivity index (χ0) is 12.3. The van der Waals surface area contributed by atoms with Crippen LogP contribution in [0.5, 0.6) is 5.75 Å². The molecule has 0 fully saturated rings. The van der Waals surface area contributed by atoms with Gasteiger partial charge < -0.3 is 14.4 Å². The van der Waals surface area contributed by atoms with E-state index in [0.717, 1.165) is 5.82 Å². The van der Waals surface area contributed by atoms with Gasteiger partial charge in [0.2, 0.25) is 0 Å². The second-order valence-electron chi connectivity index (χ2n) is 3.43. The smallest absolute Gasteiger partial charge is 0.354 e. The SMILES string of the molecule is Cn1ccnc1COc1ccc(C(=O)O)nc1. The highest BCUT2D eigenvalue weighted by molar-refractivity contribution is 5.85. The Balaban J connectivity index is 2.00. The predicted molar refractivity (Wildman–Crippen MR) is 58.7 cm³/mol. The average Bonchev–Trinajstić information content (AvgIpc) is 2.73. The molecule has 0 radical (unpaired) electrons. The first-order valence-corrected chi connectivity index (χ1v) is 4.95. The molecular weight excluding hydrogens is 222 g/mol. The number of hydrogen-bond donors (Lipinski definition) is 1. The van der Waals surface area contributed by atoms with Gasteiger partial charge >= 0.3 is 5.97 Å². The van der Waals surface area contributed by atoms with E-state index in [4.69, 9.17) is 9.84 Å². The highest BCUT2D eigenvalue weighted by Crippen LogP contribution is 2.11. The molecule has 6 nitrogen and oxygen atoms in total. The Morgan fingerprint density at radius 3 is 2.82 bits per heavy atom. The van der Waals surface area contributed by atoms with Crippen molar-refractivity contribution in [3.63, 3.8) is 0 Å². The van der Waals surface area contributed by atoms with Gasteiger partial charge in [0.1, 0.15) is 23.9 Å². The summed E-state index contributed by atoms with van der Waals surface area (Å²) in [5, 5.41) is 8.68. The van der Waals surface area contributed by atoms with Crippen molar-refractivity contribution in [1.82, 2.24) is 14.5 Å². The number of carbonyl (C=O) groups is 1. The van der Waals surface area contributed by atoms with Gasteiger partial charge in [0.15, 0.2) is 0 Å². The van der Waals surface area contributed by atoms with E-state index in [9.17, 15) is 4.79 Å². The molecule has 2 rings (SSSR count).